The Kier molecular flexibility index (Phi) is 3.73. The monoisotopic (exact) mass is 254 g/mol. The second-order valence-electron chi connectivity index (χ2n) is 3.63. The summed E-state index contributed by atoms with van der Waals surface area (Å²) in [6.45, 7) is 0. The molecule has 0 spiro atoms. The van der Waals surface area contributed by atoms with E-state index in [1.807, 2.05) is 0 Å². The van der Waals surface area contributed by atoms with E-state index >= 15 is 0 Å². The third kappa shape index (κ3) is 2.82. The summed E-state index contributed by atoms with van der Waals surface area (Å²) in [7, 11) is 0. The van der Waals surface area contributed by atoms with Crippen molar-refractivity contribution in [2.75, 3.05) is 0 Å². The Morgan fingerprint density at radius 2 is 2.35 bits per heavy atom. The Labute approximate surface area is 103 Å². The number of hydrazine groups is 1. The zero-order valence-corrected chi connectivity index (χ0v) is 9.71. The lowest BCUT2D eigenvalue weighted by atomic mass is 10.1. The maximum atomic E-state index is 13.6. The van der Waals surface area contributed by atoms with Crippen molar-refractivity contribution in [2.24, 2.45) is 5.84 Å². The van der Waals surface area contributed by atoms with Crippen molar-refractivity contribution in [1.29, 1.82) is 0 Å². The van der Waals surface area contributed by atoms with Gasteiger partial charge in [-0.3, -0.25) is 5.84 Å². The summed E-state index contributed by atoms with van der Waals surface area (Å²) in [4.78, 5) is 7.02. The van der Waals surface area contributed by atoms with Crippen LogP contribution in [0.2, 0.25) is 5.02 Å². The number of nitrogens with two attached hydrogens (primary N) is 1. The van der Waals surface area contributed by atoms with Gasteiger partial charge in [-0.05, 0) is 30.2 Å². The molecule has 0 fully saturated rings. The summed E-state index contributed by atoms with van der Waals surface area (Å²) in [5.41, 5.74) is 3.09. The van der Waals surface area contributed by atoms with Gasteiger partial charge in [-0.2, -0.15) is 0 Å². The zero-order valence-electron chi connectivity index (χ0n) is 8.95. The molecule has 90 valence electrons. The first-order valence-electron chi connectivity index (χ1n) is 5.10. The van der Waals surface area contributed by atoms with Crippen LogP contribution in [0, 0.1) is 5.82 Å². The second-order valence-corrected chi connectivity index (χ2v) is 4.07. The average molecular weight is 255 g/mol. The molecule has 0 aliphatic carbocycles. The van der Waals surface area contributed by atoms with E-state index in [2.05, 4.69) is 15.4 Å². The Balaban J connectivity index is 2.21. The van der Waals surface area contributed by atoms with Gasteiger partial charge in [0, 0.05) is 17.4 Å². The van der Waals surface area contributed by atoms with Gasteiger partial charge >= 0.3 is 0 Å². The van der Waals surface area contributed by atoms with Crippen molar-refractivity contribution < 1.29 is 4.39 Å². The van der Waals surface area contributed by atoms with Crippen LogP contribution in [0.15, 0.2) is 30.6 Å². The summed E-state index contributed by atoms with van der Waals surface area (Å²) < 4.78 is 13.6. The van der Waals surface area contributed by atoms with Crippen LogP contribution in [0.1, 0.15) is 17.4 Å². The molecule has 0 amide bonds. The van der Waals surface area contributed by atoms with E-state index in [9.17, 15) is 4.39 Å². The molecule has 0 aliphatic heterocycles. The Hall–Kier alpha value is -1.43. The minimum atomic E-state index is -0.304. The van der Waals surface area contributed by atoms with Crippen LogP contribution in [-0.4, -0.2) is 9.97 Å². The van der Waals surface area contributed by atoms with Crippen LogP contribution in [0.4, 0.5) is 4.39 Å². The van der Waals surface area contributed by atoms with E-state index in [0.29, 0.717) is 22.8 Å². The first kappa shape index (κ1) is 12.0. The normalized spacial score (nSPS) is 12.6. The smallest absolute Gasteiger partial charge is 0.126 e. The van der Waals surface area contributed by atoms with Crippen LogP contribution in [-0.2, 0) is 6.42 Å². The van der Waals surface area contributed by atoms with Gasteiger partial charge in [0.1, 0.15) is 11.6 Å². The van der Waals surface area contributed by atoms with Crippen LogP contribution in [0.3, 0.4) is 0 Å². The maximum Gasteiger partial charge on any atom is 0.126 e. The summed E-state index contributed by atoms with van der Waals surface area (Å²) in [6.07, 6.45) is 3.68. The molecule has 2 rings (SSSR count). The molecule has 1 atom stereocenters. The Bertz CT molecular complexity index is 486. The lowest BCUT2D eigenvalue weighted by Gasteiger charge is -2.14. The van der Waals surface area contributed by atoms with E-state index in [1.54, 1.807) is 18.5 Å². The van der Waals surface area contributed by atoms with E-state index in [1.165, 1.54) is 12.1 Å². The van der Waals surface area contributed by atoms with Crippen molar-refractivity contribution in [2.45, 2.75) is 12.5 Å². The van der Waals surface area contributed by atoms with Gasteiger partial charge in [0.25, 0.3) is 0 Å². The molecule has 4 nitrogen and oxygen atoms in total. The lowest BCUT2D eigenvalue weighted by molar-refractivity contribution is 0.510. The van der Waals surface area contributed by atoms with Gasteiger partial charge in [-0.1, -0.05) is 11.6 Å². The van der Waals surface area contributed by atoms with Crippen molar-refractivity contribution in [3.8, 4) is 0 Å². The van der Waals surface area contributed by atoms with Crippen LogP contribution >= 0.6 is 11.6 Å². The molecule has 17 heavy (non-hydrogen) atoms. The van der Waals surface area contributed by atoms with E-state index in [4.69, 9.17) is 17.4 Å². The predicted molar refractivity (Wildman–Crippen MR) is 63.8 cm³/mol. The number of H-pyrrole nitrogens is 1. The Morgan fingerprint density at radius 3 is 3.00 bits per heavy atom. The highest BCUT2D eigenvalue weighted by Gasteiger charge is 2.15. The van der Waals surface area contributed by atoms with Gasteiger partial charge in [0.05, 0.1) is 6.04 Å². The quantitative estimate of drug-likeness (QED) is 0.577. The van der Waals surface area contributed by atoms with Crippen LogP contribution in [0.25, 0.3) is 0 Å². The SMILES string of the molecule is NNC(Cc1cc(Cl)ccc1F)c1ncc[nH]1. The zero-order chi connectivity index (χ0) is 12.3. The molecule has 0 saturated carbocycles. The largest absolute Gasteiger partial charge is 0.347 e. The number of benzene rings is 1. The highest BCUT2D eigenvalue weighted by Crippen LogP contribution is 2.20. The van der Waals surface area contributed by atoms with Crippen molar-refractivity contribution in [3.05, 3.63) is 52.8 Å². The molecule has 0 bridgehead atoms. The number of rotatable bonds is 4. The summed E-state index contributed by atoms with van der Waals surface area (Å²) >= 11 is 5.83. The molecule has 0 saturated heterocycles. The van der Waals surface area contributed by atoms with E-state index < -0.39 is 0 Å². The number of imidazole rings is 1. The molecular weight excluding hydrogens is 243 g/mol. The van der Waals surface area contributed by atoms with Crippen molar-refractivity contribution >= 4 is 11.6 Å². The fourth-order valence-corrected chi connectivity index (χ4v) is 1.82. The number of hydrogen-bond acceptors (Lipinski definition) is 3. The summed E-state index contributed by atoms with van der Waals surface area (Å²) in [6, 6.07) is 4.16. The topological polar surface area (TPSA) is 66.7 Å². The van der Waals surface area contributed by atoms with Crippen LogP contribution in [0.5, 0.6) is 0 Å². The van der Waals surface area contributed by atoms with Gasteiger partial charge in [0.15, 0.2) is 0 Å². The van der Waals surface area contributed by atoms with Gasteiger partial charge in [-0.25, -0.2) is 14.8 Å². The number of aromatic nitrogens is 2. The molecule has 0 radical (unpaired) electrons. The number of halogens is 2. The molecule has 1 heterocycles. The molecule has 2 aromatic rings. The third-order valence-electron chi connectivity index (χ3n) is 2.48. The van der Waals surface area contributed by atoms with Crippen molar-refractivity contribution in [3.63, 3.8) is 0 Å². The minimum Gasteiger partial charge on any atom is -0.347 e. The number of nitrogens with zero attached hydrogens (tertiary/aromatic N) is 1. The van der Waals surface area contributed by atoms with Gasteiger partial charge in [-0.15, -0.1) is 0 Å². The van der Waals surface area contributed by atoms with Crippen LogP contribution < -0.4 is 11.3 Å². The van der Waals surface area contributed by atoms with E-state index in [-0.39, 0.29) is 11.9 Å². The van der Waals surface area contributed by atoms with Gasteiger partial charge < -0.3 is 4.98 Å². The summed E-state index contributed by atoms with van der Waals surface area (Å²) in [5.74, 6) is 5.79. The fourth-order valence-electron chi connectivity index (χ4n) is 1.62. The average Bonchev–Trinajstić information content (AvgIpc) is 2.84. The maximum absolute atomic E-state index is 13.6. The first-order valence-corrected chi connectivity index (χ1v) is 5.48. The standard InChI is InChI=1S/C11H12ClFN4/c12-8-1-2-9(13)7(5-8)6-10(17-14)11-15-3-4-16-11/h1-5,10,17H,6,14H2,(H,15,16). The number of nitrogens with one attached hydrogen (secondary N) is 2. The first-order chi connectivity index (χ1) is 8.20. The molecule has 1 unspecified atom stereocenters. The molecule has 6 heteroatoms. The molecule has 0 aliphatic rings. The molecule has 1 aromatic heterocycles. The second kappa shape index (κ2) is 5.27. The predicted octanol–water partition coefficient (Wildman–Crippen LogP) is 1.95. The van der Waals surface area contributed by atoms with Crippen molar-refractivity contribution in [1.82, 2.24) is 15.4 Å². The number of aromatic amines is 1. The molecular formula is C11H12ClFN4. The van der Waals surface area contributed by atoms with E-state index in [0.717, 1.165) is 0 Å². The number of hydrogen-bond donors (Lipinski definition) is 3. The lowest BCUT2D eigenvalue weighted by Crippen LogP contribution is -2.30. The molecule has 4 N–H and O–H groups in total. The third-order valence-corrected chi connectivity index (χ3v) is 2.72. The Morgan fingerprint density at radius 1 is 1.53 bits per heavy atom. The highest BCUT2D eigenvalue weighted by molar-refractivity contribution is 6.30. The van der Waals surface area contributed by atoms with Gasteiger partial charge in [0.2, 0.25) is 0 Å². The highest BCUT2D eigenvalue weighted by atomic mass is 35.5. The molecule has 1 aromatic carbocycles. The minimum absolute atomic E-state index is 0.280. The summed E-state index contributed by atoms with van der Waals surface area (Å²) in [5, 5.41) is 0.497. The fraction of sp³-hybridized carbons (Fsp3) is 0.182.